The molecule has 0 aromatic carbocycles. The molecule has 1 aromatic rings. The molecule has 16 heavy (non-hydrogen) atoms. The van der Waals surface area contributed by atoms with E-state index in [0.29, 0.717) is 5.56 Å². The second-order valence-corrected chi connectivity index (χ2v) is 5.72. The van der Waals surface area contributed by atoms with Crippen molar-refractivity contribution in [1.82, 2.24) is 4.98 Å². The molecule has 0 N–H and O–H groups in total. The summed E-state index contributed by atoms with van der Waals surface area (Å²) in [5.41, 5.74) is 0.325. The van der Waals surface area contributed by atoms with Crippen molar-refractivity contribution >= 4 is 33.2 Å². The zero-order valence-electron chi connectivity index (χ0n) is 9.06. The number of anilines is 1. The lowest BCUT2D eigenvalue weighted by atomic mass is 10.2. The Kier molecular flexibility index (Phi) is 3.54. The Morgan fingerprint density at radius 1 is 1.44 bits per heavy atom. The van der Waals surface area contributed by atoms with Crippen molar-refractivity contribution in [3.8, 4) is 0 Å². The summed E-state index contributed by atoms with van der Waals surface area (Å²) in [6.07, 6.45) is 1.04. The summed E-state index contributed by atoms with van der Waals surface area (Å²) in [5.74, 6) is -0.0762. The van der Waals surface area contributed by atoms with Gasteiger partial charge < -0.3 is 0 Å². The fourth-order valence-corrected chi connectivity index (χ4v) is 1.65. The maximum atomic E-state index is 11.3. The van der Waals surface area contributed by atoms with E-state index in [1.54, 1.807) is 0 Å². The monoisotopic (exact) mass is 262 g/mol. The zero-order chi connectivity index (χ0) is 12.5. The fraction of sp³-hybridized carbons (Fsp3) is 0.333. The topological polar surface area (TPSA) is 67.3 Å². The lowest BCUT2D eigenvalue weighted by molar-refractivity contribution is 0.101. The van der Waals surface area contributed by atoms with Gasteiger partial charge in [0.15, 0.2) is 5.78 Å². The zero-order valence-corrected chi connectivity index (χ0v) is 10.6. The molecule has 0 aliphatic rings. The van der Waals surface area contributed by atoms with Gasteiger partial charge in [-0.15, -0.1) is 0 Å². The number of sulfonamides is 1. The number of rotatable bonds is 3. The molecule has 1 aromatic heterocycles. The predicted molar refractivity (Wildman–Crippen MR) is 62.5 cm³/mol. The summed E-state index contributed by atoms with van der Waals surface area (Å²) in [6, 6.07) is 2.78. The Balaban J connectivity index is 3.31. The fourth-order valence-electron chi connectivity index (χ4n) is 1.02. The summed E-state index contributed by atoms with van der Waals surface area (Å²) >= 11 is 5.70. The molecular formula is C9H11ClN2O3S. The third kappa shape index (κ3) is 2.93. The third-order valence-electron chi connectivity index (χ3n) is 2.01. The minimum atomic E-state index is -3.41. The number of carbonyl (C=O) groups is 1. The summed E-state index contributed by atoms with van der Waals surface area (Å²) in [5, 5.41) is 0.0817. The van der Waals surface area contributed by atoms with Gasteiger partial charge in [0.25, 0.3) is 0 Å². The van der Waals surface area contributed by atoms with Gasteiger partial charge in [0.05, 0.1) is 6.26 Å². The normalized spacial score (nSPS) is 11.2. The first kappa shape index (κ1) is 12.9. The average molecular weight is 263 g/mol. The molecule has 1 rings (SSSR count). The lowest BCUT2D eigenvalue weighted by Crippen LogP contribution is -2.26. The highest BCUT2D eigenvalue weighted by molar-refractivity contribution is 7.92. The number of aromatic nitrogens is 1. The van der Waals surface area contributed by atoms with Crippen molar-refractivity contribution in [3.05, 3.63) is 22.8 Å². The van der Waals surface area contributed by atoms with Gasteiger partial charge >= 0.3 is 0 Å². The van der Waals surface area contributed by atoms with E-state index in [4.69, 9.17) is 11.6 Å². The lowest BCUT2D eigenvalue weighted by Gasteiger charge is -2.16. The highest BCUT2D eigenvalue weighted by atomic mass is 35.5. The molecular weight excluding hydrogens is 252 g/mol. The van der Waals surface area contributed by atoms with Crippen LogP contribution in [0.2, 0.25) is 5.15 Å². The Labute approximate surface area is 99.1 Å². The van der Waals surface area contributed by atoms with Crippen LogP contribution in [0.4, 0.5) is 5.82 Å². The molecule has 0 radical (unpaired) electrons. The first-order valence-electron chi connectivity index (χ1n) is 4.34. The highest BCUT2D eigenvalue weighted by Gasteiger charge is 2.15. The molecule has 0 spiro atoms. The number of Topliss-reactive ketones (excluding diaryl/α,β-unsaturated/α-hetero) is 1. The van der Waals surface area contributed by atoms with Crippen LogP contribution in [0.15, 0.2) is 12.1 Å². The molecule has 0 unspecified atom stereocenters. The van der Waals surface area contributed by atoms with Crippen LogP contribution in [0, 0.1) is 0 Å². The standard InChI is InChI=1S/C9H11ClN2O3S/c1-6(13)7-4-8(10)11-9(5-7)12(2)16(3,14)15/h4-5H,1-3H3. The van der Waals surface area contributed by atoms with E-state index in [9.17, 15) is 13.2 Å². The molecule has 88 valence electrons. The second kappa shape index (κ2) is 4.39. The van der Waals surface area contributed by atoms with Crippen molar-refractivity contribution in [2.75, 3.05) is 17.6 Å². The van der Waals surface area contributed by atoms with Gasteiger partial charge in [-0.1, -0.05) is 11.6 Å². The van der Waals surface area contributed by atoms with Crippen molar-refractivity contribution in [1.29, 1.82) is 0 Å². The quantitative estimate of drug-likeness (QED) is 0.609. The van der Waals surface area contributed by atoms with Crippen molar-refractivity contribution in [2.45, 2.75) is 6.92 Å². The summed E-state index contributed by atoms with van der Waals surface area (Å²) in [6.45, 7) is 1.37. The Morgan fingerprint density at radius 3 is 2.44 bits per heavy atom. The van der Waals surface area contributed by atoms with E-state index in [2.05, 4.69) is 4.98 Å². The average Bonchev–Trinajstić information content (AvgIpc) is 2.14. The molecule has 5 nitrogen and oxygen atoms in total. The maximum absolute atomic E-state index is 11.3. The molecule has 0 amide bonds. The van der Waals surface area contributed by atoms with Crippen LogP contribution in [0.3, 0.4) is 0 Å². The van der Waals surface area contributed by atoms with Gasteiger partial charge in [-0.2, -0.15) is 0 Å². The summed E-state index contributed by atoms with van der Waals surface area (Å²) < 4.78 is 23.5. The summed E-state index contributed by atoms with van der Waals surface area (Å²) in [4.78, 5) is 15.0. The maximum Gasteiger partial charge on any atom is 0.233 e. The minimum Gasteiger partial charge on any atom is -0.295 e. The molecule has 0 saturated heterocycles. The predicted octanol–water partition coefficient (Wildman–Crippen LogP) is 1.33. The molecule has 0 bridgehead atoms. The van der Waals surface area contributed by atoms with Gasteiger partial charge in [-0.3, -0.25) is 9.10 Å². The molecule has 0 saturated carbocycles. The van der Waals surface area contributed by atoms with E-state index in [0.717, 1.165) is 10.6 Å². The molecule has 0 atom stereocenters. The van der Waals surface area contributed by atoms with E-state index in [1.807, 2.05) is 0 Å². The van der Waals surface area contributed by atoms with E-state index < -0.39 is 10.0 Å². The number of carbonyl (C=O) groups excluding carboxylic acids is 1. The largest absolute Gasteiger partial charge is 0.295 e. The van der Waals surface area contributed by atoms with Gasteiger partial charge in [-0.25, -0.2) is 13.4 Å². The smallest absolute Gasteiger partial charge is 0.233 e. The van der Waals surface area contributed by atoms with Crippen LogP contribution < -0.4 is 4.31 Å². The third-order valence-corrected chi connectivity index (χ3v) is 3.38. The number of halogens is 1. The first-order valence-corrected chi connectivity index (χ1v) is 6.57. The van der Waals surface area contributed by atoms with Crippen LogP contribution in [0.5, 0.6) is 0 Å². The van der Waals surface area contributed by atoms with Gasteiger partial charge in [0.1, 0.15) is 11.0 Å². The Morgan fingerprint density at radius 2 is 2.00 bits per heavy atom. The van der Waals surface area contributed by atoms with Crippen molar-refractivity contribution in [3.63, 3.8) is 0 Å². The second-order valence-electron chi connectivity index (χ2n) is 3.32. The number of hydrogen-bond donors (Lipinski definition) is 0. The molecule has 0 aliphatic heterocycles. The number of pyridine rings is 1. The SMILES string of the molecule is CC(=O)c1cc(Cl)nc(N(C)S(C)(=O)=O)c1. The molecule has 0 aliphatic carbocycles. The molecule has 0 fully saturated rings. The van der Waals surface area contributed by atoms with Crippen LogP contribution >= 0.6 is 11.6 Å². The van der Waals surface area contributed by atoms with Crippen LogP contribution in [-0.2, 0) is 10.0 Å². The Hall–Kier alpha value is -1.14. The van der Waals surface area contributed by atoms with Crippen molar-refractivity contribution < 1.29 is 13.2 Å². The Bertz CT molecular complexity index is 528. The molecule has 1 heterocycles. The van der Waals surface area contributed by atoms with Gasteiger partial charge in [0.2, 0.25) is 10.0 Å². The first-order chi connectivity index (χ1) is 7.21. The van der Waals surface area contributed by atoms with Crippen LogP contribution in [0.1, 0.15) is 17.3 Å². The van der Waals surface area contributed by atoms with E-state index in [1.165, 1.54) is 26.1 Å². The van der Waals surface area contributed by atoms with Crippen LogP contribution in [-0.4, -0.2) is 32.5 Å². The summed E-state index contributed by atoms with van der Waals surface area (Å²) in [7, 11) is -2.07. The number of nitrogens with zero attached hydrogens (tertiary/aromatic N) is 2. The highest BCUT2D eigenvalue weighted by Crippen LogP contribution is 2.19. The van der Waals surface area contributed by atoms with E-state index >= 15 is 0 Å². The van der Waals surface area contributed by atoms with E-state index in [-0.39, 0.29) is 16.8 Å². The number of ketones is 1. The molecule has 7 heteroatoms. The van der Waals surface area contributed by atoms with Gasteiger partial charge in [0, 0.05) is 12.6 Å². The van der Waals surface area contributed by atoms with Crippen molar-refractivity contribution in [2.24, 2.45) is 0 Å². The number of hydrogen-bond acceptors (Lipinski definition) is 4. The minimum absolute atomic E-state index is 0.0817. The van der Waals surface area contributed by atoms with Gasteiger partial charge in [-0.05, 0) is 19.1 Å². The van der Waals surface area contributed by atoms with Crippen LogP contribution in [0.25, 0.3) is 0 Å².